The minimum atomic E-state index is 0.555. The second-order valence-corrected chi connectivity index (χ2v) is 1.87. The summed E-state index contributed by atoms with van der Waals surface area (Å²) in [5.41, 5.74) is 0.567. The van der Waals surface area contributed by atoms with Crippen molar-refractivity contribution in [3.8, 4) is 0 Å². The van der Waals surface area contributed by atoms with Crippen molar-refractivity contribution < 1.29 is 9.53 Å². The number of aldehydes is 1. The zero-order chi connectivity index (χ0) is 8.53. The summed E-state index contributed by atoms with van der Waals surface area (Å²) in [5, 5.41) is 0. The highest BCUT2D eigenvalue weighted by atomic mass is 16.5. The molecule has 0 aliphatic rings. The van der Waals surface area contributed by atoms with E-state index in [1.54, 1.807) is 19.3 Å². The lowest BCUT2D eigenvalue weighted by Gasteiger charge is -1.85. The molecular formula is C9H12O2. The van der Waals surface area contributed by atoms with Crippen molar-refractivity contribution in [1.82, 2.24) is 0 Å². The lowest BCUT2D eigenvalue weighted by molar-refractivity contribution is -0.104. The lowest BCUT2D eigenvalue weighted by Crippen LogP contribution is -1.80. The van der Waals surface area contributed by atoms with Gasteiger partial charge in [0.2, 0.25) is 0 Å². The van der Waals surface area contributed by atoms with E-state index in [-0.39, 0.29) is 0 Å². The van der Waals surface area contributed by atoms with Crippen LogP contribution in [0.1, 0.15) is 0 Å². The number of carbonyl (C=O) groups excluding carboxylic acids is 1. The first-order valence-electron chi connectivity index (χ1n) is 3.28. The van der Waals surface area contributed by atoms with Gasteiger partial charge < -0.3 is 4.74 Å². The molecular weight excluding hydrogens is 140 g/mol. The molecule has 0 amide bonds. The highest BCUT2D eigenvalue weighted by Gasteiger charge is 1.81. The largest absolute Gasteiger partial charge is 0.381 e. The van der Waals surface area contributed by atoms with E-state index >= 15 is 0 Å². The molecule has 0 rings (SSSR count). The van der Waals surface area contributed by atoms with E-state index < -0.39 is 0 Å². The van der Waals surface area contributed by atoms with Gasteiger partial charge in [0.1, 0.15) is 6.29 Å². The maximum atomic E-state index is 10.2. The van der Waals surface area contributed by atoms with Crippen molar-refractivity contribution in [3.63, 3.8) is 0 Å². The van der Waals surface area contributed by atoms with Gasteiger partial charge in [0.05, 0.1) is 6.61 Å². The summed E-state index contributed by atoms with van der Waals surface area (Å²) in [7, 11) is 1.61. The van der Waals surface area contributed by atoms with Crippen LogP contribution in [0.3, 0.4) is 0 Å². The van der Waals surface area contributed by atoms with Crippen LogP contribution < -0.4 is 0 Å². The monoisotopic (exact) mass is 152 g/mol. The Kier molecular flexibility index (Phi) is 6.24. The number of hydrogen-bond donors (Lipinski definition) is 0. The molecule has 0 saturated heterocycles. The van der Waals surface area contributed by atoms with Crippen molar-refractivity contribution in [2.75, 3.05) is 13.7 Å². The fraction of sp³-hybridized carbons (Fsp3) is 0.222. The SMILES string of the molecule is C=CC(C=O)=CC=CCOC. The molecule has 0 aliphatic heterocycles. The van der Waals surface area contributed by atoms with E-state index in [9.17, 15) is 4.79 Å². The quantitative estimate of drug-likeness (QED) is 0.339. The van der Waals surface area contributed by atoms with Gasteiger partial charge >= 0.3 is 0 Å². The third-order valence-corrected chi connectivity index (χ3v) is 1.06. The molecule has 2 nitrogen and oxygen atoms in total. The molecule has 0 aromatic carbocycles. The Morgan fingerprint density at radius 2 is 2.36 bits per heavy atom. The topological polar surface area (TPSA) is 26.3 Å². The van der Waals surface area contributed by atoms with E-state index in [2.05, 4.69) is 6.58 Å². The van der Waals surface area contributed by atoms with Crippen molar-refractivity contribution in [3.05, 3.63) is 36.5 Å². The first-order chi connectivity index (χ1) is 5.35. The summed E-state index contributed by atoms with van der Waals surface area (Å²) >= 11 is 0. The second-order valence-electron chi connectivity index (χ2n) is 1.87. The maximum absolute atomic E-state index is 10.2. The van der Waals surface area contributed by atoms with Crippen LogP contribution in [0.5, 0.6) is 0 Å². The molecule has 0 N–H and O–H groups in total. The average molecular weight is 152 g/mol. The van der Waals surface area contributed by atoms with Gasteiger partial charge in [0.25, 0.3) is 0 Å². The first-order valence-corrected chi connectivity index (χ1v) is 3.28. The van der Waals surface area contributed by atoms with Gasteiger partial charge in [-0.25, -0.2) is 0 Å². The number of rotatable bonds is 5. The third-order valence-electron chi connectivity index (χ3n) is 1.06. The number of allylic oxidation sites excluding steroid dienone is 4. The van der Waals surface area contributed by atoms with Crippen LogP contribution in [0, 0.1) is 0 Å². The zero-order valence-electron chi connectivity index (χ0n) is 6.62. The number of methoxy groups -OCH3 is 1. The fourth-order valence-electron chi connectivity index (χ4n) is 0.486. The van der Waals surface area contributed by atoms with Crippen molar-refractivity contribution in [1.29, 1.82) is 0 Å². The molecule has 0 spiro atoms. The molecule has 2 heteroatoms. The summed E-state index contributed by atoms with van der Waals surface area (Å²) in [6, 6.07) is 0. The van der Waals surface area contributed by atoms with E-state index in [0.29, 0.717) is 12.2 Å². The minimum Gasteiger partial charge on any atom is -0.381 e. The molecule has 0 unspecified atom stereocenters. The Balaban J connectivity index is 3.86. The van der Waals surface area contributed by atoms with E-state index in [1.807, 2.05) is 6.08 Å². The van der Waals surface area contributed by atoms with Crippen LogP contribution in [0.4, 0.5) is 0 Å². The second kappa shape index (κ2) is 6.96. The molecule has 0 aliphatic carbocycles. The summed E-state index contributed by atoms with van der Waals surface area (Å²) < 4.78 is 4.76. The standard InChI is InChI=1S/C9H12O2/c1-3-9(8-10)6-4-5-7-11-2/h3-6,8H,1,7H2,2H3. The molecule has 0 atom stereocenters. The molecule has 0 aromatic heterocycles. The lowest BCUT2D eigenvalue weighted by atomic mass is 10.2. The van der Waals surface area contributed by atoms with Crippen molar-refractivity contribution in [2.24, 2.45) is 0 Å². The molecule has 60 valence electrons. The molecule has 0 saturated carbocycles. The van der Waals surface area contributed by atoms with E-state index in [0.717, 1.165) is 6.29 Å². The molecule has 0 aromatic rings. The Bertz CT molecular complexity index is 168. The van der Waals surface area contributed by atoms with Gasteiger partial charge in [-0.2, -0.15) is 0 Å². The van der Waals surface area contributed by atoms with Crippen LogP contribution in [0.25, 0.3) is 0 Å². The van der Waals surface area contributed by atoms with Gasteiger partial charge in [-0.15, -0.1) is 0 Å². The van der Waals surface area contributed by atoms with Crippen molar-refractivity contribution in [2.45, 2.75) is 0 Å². The van der Waals surface area contributed by atoms with E-state index in [1.165, 1.54) is 6.08 Å². The van der Waals surface area contributed by atoms with Crippen LogP contribution in [0.15, 0.2) is 36.5 Å². The number of carbonyl (C=O) groups is 1. The Morgan fingerprint density at radius 3 is 2.82 bits per heavy atom. The minimum absolute atomic E-state index is 0.555. The summed E-state index contributed by atoms with van der Waals surface area (Å²) in [5.74, 6) is 0. The number of hydrogen-bond acceptors (Lipinski definition) is 2. The van der Waals surface area contributed by atoms with Crippen LogP contribution >= 0.6 is 0 Å². The summed E-state index contributed by atoms with van der Waals surface area (Å²) in [4.78, 5) is 10.2. The van der Waals surface area contributed by atoms with Crippen LogP contribution in [0.2, 0.25) is 0 Å². The molecule has 0 fully saturated rings. The van der Waals surface area contributed by atoms with Gasteiger partial charge in [0.15, 0.2) is 0 Å². The summed E-state index contributed by atoms with van der Waals surface area (Å²) in [6.07, 6.45) is 7.51. The maximum Gasteiger partial charge on any atom is 0.150 e. The van der Waals surface area contributed by atoms with E-state index in [4.69, 9.17) is 4.74 Å². The van der Waals surface area contributed by atoms with Gasteiger partial charge in [-0.05, 0) is 0 Å². The highest BCUT2D eigenvalue weighted by Crippen LogP contribution is 1.90. The Morgan fingerprint density at radius 1 is 1.64 bits per heavy atom. The molecule has 0 heterocycles. The first kappa shape index (κ1) is 9.85. The highest BCUT2D eigenvalue weighted by molar-refractivity contribution is 5.77. The molecule has 0 radical (unpaired) electrons. The van der Waals surface area contributed by atoms with Crippen molar-refractivity contribution >= 4 is 6.29 Å². The molecule has 11 heavy (non-hydrogen) atoms. The van der Waals surface area contributed by atoms with Crippen LogP contribution in [-0.2, 0) is 9.53 Å². The fourth-order valence-corrected chi connectivity index (χ4v) is 0.486. The van der Waals surface area contributed by atoms with Gasteiger partial charge in [-0.1, -0.05) is 30.9 Å². The Hall–Kier alpha value is -1.15. The zero-order valence-corrected chi connectivity index (χ0v) is 6.62. The number of ether oxygens (including phenoxy) is 1. The third kappa shape index (κ3) is 5.30. The Labute approximate surface area is 66.9 Å². The van der Waals surface area contributed by atoms with Crippen LogP contribution in [-0.4, -0.2) is 20.0 Å². The summed E-state index contributed by atoms with van der Waals surface area (Å²) in [6.45, 7) is 4.02. The normalized spacial score (nSPS) is 11.9. The van der Waals surface area contributed by atoms with Gasteiger partial charge in [-0.3, -0.25) is 4.79 Å². The smallest absolute Gasteiger partial charge is 0.150 e. The predicted octanol–water partition coefficient (Wildman–Crippen LogP) is 1.50. The molecule has 0 bridgehead atoms. The predicted molar refractivity (Wildman–Crippen MR) is 45.4 cm³/mol. The van der Waals surface area contributed by atoms with Gasteiger partial charge in [0, 0.05) is 12.7 Å². The average Bonchev–Trinajstić information content (AvgIpc) is 2.05.